The Labute approximate surface area is 150 Å². The van der Waals surface area contributed by atoms with Crippen LogP contribution >= 0.6 is 0 Å². The minimum absolute atomic E-state index is 0.116. The average Bonchev–Trinajstić information content (AvgIpc) is 3.09. The van der Waals surface area contributed by atoms with Gasteiger partial charge in [0.05, 0.1) is 7.11 Å². The lowest BCUT2D eigenvalue weighted by molar-refractivity contribution is -0.120. The molecule has 0 aliphatic carbocycles. The number of carbonyl (C=O) groups is 2. The van der Waals surface area contributed by atoms with E-state index in [9.17, 15) is 9.59 Å². The van der Waals surface area contributed by atoms with Gasteiger partial charge in [0.2, 0.25) is 5.91 Å². The number of methoxy groups -OCH3 is 1. The molecule has 0 fully saturated rings. The van der Waals surface area contributed by atoms with Crippen molar-refractivity contribution in [3.8, 4) is 5.75 Å². The van der Waals surface area contributed by atoms with E-state index in [0.29, 0.717) is 12.1 Å². The Balaban J connectivity index is 1.57. The van der Waals surface area contributed by atoms with Crippen LogP contribution in [0.2, 0.25) is 0 Å². The van der Waals surface area contributed by atoms with Crippen molar-refractivity contribution >= 4 is 28.4 Å². The fraction of sp³-hybridized carbons (Fsp3) is 0.200. The summed E-state index contributed by atoms with van der Waals surface area (Å²) in [5, 5.41) is 3.73. The molecule has 6 heteroatoms. The summed E-state index contributed by atoms with van der Waals surface area (Å²) in [5.74, 6) is 0.310. The van der Waals surface area contributed by atoms with E-state index in [1.165, 1.54) is 0 Å². The first kappa shape index (κ1) is 16.2. The zero-order valence-corrected chi connectivity index (χ0v) is 14.6. The van der Waals surface area contributed by atoms with Gasteiger partial charge in [0.25, 0.3) is 5.91 Å². The Morgan fingerprint density at radius 3 is 2.85 bits per heavy atom. The molecule has 0 radical (unpaired) electrons. The molecule has 0 spiro atoms. The van der Waals surface area contributed by atoms with Crippen LogP contribution in [-0.2, 0) is 11.2 Å². The maximum atomic E-state index is 12.7. The Hall–Kier alpha value is -3.28. The first-order chi connectivity index (χ1) is 12.6. The number of rotatable bonds is 3. The van der Waals surface area contributed by atoms with Gasteiger partial charge in [-0.05, 0) is 35.9 Å². The summed E-state index contributed by atoms with van der Waals surface area (Å²) < 4.78 is 5.21. The minimum Gasteiger partial charge on any atom is -0.497 e. The van der Waals surface area contributed by atoms with Gasteiger partial charge in [0, 0.05) is 30.1 Å². The number of carbonyl (C=O) groups excluding carboxylic acids is 2. The fourth-order valence-electron chi connectivity index (χ4n) is 3.38. The molecule has 2 amide bonds. The van der Waals surface area contributed by atoms with E-state index in [2.05, 4.69) is 10.3 Å². The molecule has 0 saturated heterocycles. The summed E-state index contributed by atoms with van der Waals surface area (Å²) in [4.78, 5) is 29.9. The molecule has 2 N–H and O–H groups in total. The van der Waals surface area contributed by atoms with Crippen LogP contribution in [0, 0.1) is 0 Å². The zero-order chi connectivity index (χ0) is 18.3. The SMILES string of the molecule is COc1ccc2[nH]c(C(=O)NC3Cc4ccccc4N(C)C3=O)cc2c1. The molecule has 6 nitrogen and oxygen atoms in total. The van der Waals surface area contributed by atoms with Crippen molar-refractivity contribution in [2.75, 3.05) is 19.1 Å². The van der Waals surface area contributed by atoms with Crippen molar-refractivity contribution in [2.45, 2.75) is 12.5 Å². The van der Waals surface area contributed by atoms with Crippen molar-refractivity contribution in [1.82, 2.24) is 10.3 Å². The lowest BCUT2D eigenvalue weighted by Gasteiger charge is -2.31. The lowest BCUT2D eigenvalue weighted by atomic mass is 9.97. The molecule has 0 bridgehead atoms. The molecule has 26 heavy (non-hydrogen) atoms. The number of aromatic nitrogens is 1. The highest BCUT2D eigenvalue weighted by atomic mass is 16.5. The van der Waals surface area contributed by atoms with Gasteiger partial charge in [0.1, 0.15) is 17.5 Å². The van der Waals surface area contributed by atoms with Gasteiger partial charge in [-0.1, -0.05) is 18.2 Å². The summed E-state index contributed by atoms with van der Waals surface area (Å²) in [7, 11) is 3.33. The number of nitrogens with one attached hydrogen (secondary N) is 2. The lowest BCUT2D eigenvalue weighted by Crippen LogP contribution is -2.51. The predicted octanol–water partition coefficient (Wildman–Crippen LogP) is 2.49. The van der Waals surface area contributed by atoms with Crippen LogP contribution in [0.1, 0.15) is 16.1 Å². The standard InChI is InChI=1S/C20H19N3O3/c1-23-18-6-4-3-5-12(18)10-17(20(23)25)22-19(24)16-11-13-9-14(26-2)7-8-15(13)21-16/h3-9,11,17,21H,10H2,1-2H3,(H,22,24). The molecule has 1 aromatic heterocycles. The molecular formula is C20H19N3O3. The maximum Gasteiger partial charge on any atom is 0.268 e. The quantitative estimate of drug-likeness (QED) is 0.763. The Bertz CT molecular complexity index is 1010. The first-order valence-corrected chi connectivity index (χ1v) is 8.40. The van der Waals surface area contributed by atoms with Crippen molar-refractivity contribution < 1.29 is 14.3 Å². The average molecular weight is 349 g/mol. The Morgan fingerprint density at radius 1 is 1.23 bits per heavy atom. The molecule has 0 saturated carbocycles. The smallest absolute Gasteiger partial charge is 0.268 e. The van der Waals surface area contributed by atoms with Crippen LogP contribution in [0.25, 0.3) is 10.9 Å². The molecule has 1 aliphatic rings. The minimum atomic E-state index is -0.580. The summed E-state index contributed by atoms with van der Waals surface area (Å²) in [6, 6.07) is 14.5. The van der Waals surface area contributed by atoms with E-state index in [0.717, 1.165) is 27.9 Å². The number of hydrogen-bond acceptors (Lipinski definition) is 3. The van der Waals surface area contributed by atoms with E-state index in [-0.39, 0.29) is 11.8 Å². The van der Waals surface area contributed by atoms with Crippen molar-refractivity contribution in [3.63, 3.8) is 0 Å². The van der Waals surface area contributed by atoms with Crippen LogP contribution in [-0.4, -0.2) is 37.0 Å². The number of para-hydroxylation sites is 1. The van der Waals surface area contributed by atoms with E-state index in [4.69, 9.17) is 4.74 Å². The highest BCUT2D eigenvalue weighted by Gasteiger charge is 2.31. The van der Waals surface area contributed by atoms with Gasteiger partial charge >= 0.3 is 0 Å². The van der Waals surface area contributed by atoms with Crippen molar-refractivity contribution in [2.24, 2.45) is 0 Å². The number of fused-ring (bicyclic) bond motifs is 2. The molecule has 1 aliphatic heterocycles. The number of amides is 2. The Morgan fingerprint density at radius 2 is 2.04 bits per heavy atom. The third kappa shape index (κ3) is 2.69. The van der Waals surface area contributed by atoms with Gasteiger partial charge in [-0.2, -0.15) is 0 Å². The summed E-state index contributed by atoms with van der Waals surface area (Å²) in [5.41, 5.74) is 3.19. The number of hydrogen-bond donors (Lipinski definition) is 2. The molecule has 3 aromatic rings. The monoisotopic (exact) mass is 349 g/mol. The maximum absolute atomic E-state index is 12.7. The number of aromatic amines is 1. The number of anilines is 1. The zero-order valence-electron chi connectivity index (χ0n) is 14.6. The molecule has 1 unspecified atom stereocenters. The third-order valence-corrected chi connectivity index (χ3v) is 4.78. The normalized spacial score (nSPS) is 16.5. The second kappa shape index (κ2) is 6.22. The summed E-state index contributed by atoms with van der Waals surface area (Å²) in [6.07, 6.45) is 0.485. The Kier molecular flexibility index (Phi) is 3.88. The number of ether oxygens (including phenoxy) is 1. The molecule has 2 aromatic carbocycles. The van der Waals surface area contributed by atoms with Crippen LogP contribution in [0.3, 0.4) is 0 Å². The summed E-state index contributed by atoms with van der Waals surface area (Å²) in [6.45, 7) is 0. The number of nitrogens with zero attached hydrogens (tertiary/aromatic N) is 1. The van der Waals surface area contributed by atoms with E-state index >= 15 is 0 Å². The van der Waals surface area contributed by atoms with E-state index in [1.807, 2.05) is 42.5 Å². The number of benzene rings is 2. The van der Waals surface area contributed by atoms with Gasteiger partial charge in [0.15, 0.2) is 0 Å². The number of likely N-dealkylation sites (N-methyl/N-ethyl adjacent to an activating group) is 1. The van der Waals surface area contributed by atoms with Gasteiger partial charge in [-0.3, -0.25) is 9.59 Å². The molecule has 2 heterocycles. The predicted molar refractivity (Wildman–Crippen MR) is 99.7 cm³/mol. The third-order valence-electron chi connectivity index (χ3n) is 4.78. The van der Waals surface area contributed by atoms with Gasteiger partial charge < -0.3 is 19.9 Å². The van der Waals surface area contributed by atoms with E-state index < -0.39 is 6.04 Å². The van der Waals surface area contributed by atoms with Crippen LogP contribution in [0.15, 0.2) is 48.5 Å². The van der Waals surface area contributed by atoms with Crippen LogP contribution in [0.4, 0.5) is 5.69 Å². The molecule has 132 valence electrons. The molecule has 1 atom stereocenters. The van der Waals surface area contributed by atoms with E-state index in [1.54, 1.807) is 25.1 Å². The van der Waals surface area contributed by atoms with Crippen molar-refractivity contribution in [1.29, 1.82) is 0 Å². The van der Waals surface area contributed by atoms with Crippen molar-refractivity contribution in [3.05, 3.63) is 59.8 Å². The second-order valence-electron chi connectivity index (χ2n) is 6.39. The van der Waals surface area contributed by atoms with Crippen LogP contribution in [0.5, 0.6) is 5.75 Å². The van der Waals surface area contributed by atoms with Gasteiger partial charge in [-0.15, -0.1) is 0 Å². The van der Waals surface area contributed by atoms with Crippen LogP contribution < -0.4 is 15.0 Å². The molecular weight excluding hydrogens is 330 g/mol. The second-order valence-corrected chi connectivity index (χ2v) is 6.39. The molecule has 4 rings (SSSR count). The highest BCUT2D eigenvalue weighted by Crippen LogP contribution is 2.27. The van der Waals surface area contributed by atoms with Gasteiger partial charge in [-0.25, -0.2) is 0 Å². The number of H-pyrrole nitrogens is 1. The first-order valence-electron chi connectivity index (χ1n) is 8.40. The largest absolute Gasteiger partial charge is 0.497 e. The topological polar surface area (TPSA) is 74.4 Å². The fourth-order valence-corrected chi connectivity index (χ4v) is 3.38. The highest BCUT2D eigenvalue weighted by molar-refractivity contribution is 6.05. The summed E-state index contributed by atoms with van der Waals surface area (Å²) >= 11 is 0.